The maximum Gasteiger partial charge on any atom is 0.253 e. The van der Waals surface area contributed by atoms with E-state index in [2.05, 4.69) is 15.3 Å². The Hall–Kier alpha value is -3.92. The maximum atomic E-state index is 14.6. The van der Waals surface area contributed by atoms with E-state index in [0.29, 0.717) is 46.6 Å². The number of hydrogen-bond acceptors (Lipinski definition) is 5. The van der Waals surface area contributed by atoms with Crippen molar-refractivity contribution in [1.29, 1.82) is 5.26 Å². The lowest BCUT2D eigenvalue weighted by Crippen LogP contribution is -2.14. The van der Waals surface area contributed by atoms with Crippen molar-refractivity contribution in [3.63, 3.8) is 0 Å². The molecule has 0 saturated heterocycles. The second-order valence-corrected chi connectivity index (χ2v) is 7.33. The van der Waals surface area contributed by atoms with Gasteiger partial charge in [0.15, 0.2) is 5.78 Å². The summed E-state index contributed by atoms with van der Waals surface area (Å²) in [7, 11) is 0. The van der Waals surface area contributed by atoms with E-state index in [1.807, 2.05) is 13.0 Å². The number of ketones is 1. The van der Waals surface area contributed by atoms with Crippen molar-refractivity contribution in [2.75, 3.05) is 0 Å². The molecule has 1 aliphatic rings. The number of fused-ring (bicyclic) bond motifs is 1. The predicted molar refractivity (Wildman–Crippen MR) is 112 cm³/mol. The number of Topliss-reactive ketones (excluding diaryl/α,β-unsaturated/α-hetero) is 1. The van der Waals surface area contributed by atoms with Gasteiger partial charge in [-0.25, -0.2) is 9.37 Å². The fraction of sp³-hybridized carbons (Fsp3) is 0.208. The molecule has 1 N–H and O–H groups in total. The Morgan fingerprint density at radius 2 is 2.10 bits per heavy atom. The minimum atomic E-state index is -0.549. The lowest BCUT2D eigenvalue weighted by Gasteiger charge is -2.11. The summed E-state index contributed by atoms with van der Waals surface area (Å²) < 4.78 is 14.6. The summed E-state index contributed by atoms with van der Waals surface area (Å²) in [4.78, 5) is 33.3. The van der Waals surface area contributed by atoms with Gasteiger partial charge in [0.2, 0.25) is 0 Å². The van der Waals surface area contributed by atoms with Crippen molar-refractivity contribution in [3.05, 3.63) is 82.1 Å². The van der Waals surface area contributed by atoms with E-state index in [4.69, 9.17) is 0 Å². The first kappa shape index (κ1) is 20.4. The zero-order valence-corrected chi connectivity index (χ0v) is 16.9. The molecule has 1 amide bonds. The summed E-state index contributed by atoms with van der Waals surface area (Å²) in [5, 5.41) is 12.2. The third-order valence-electron chi connectivity index (χ3n) is 5.21. The molecule has 0 fully saturated rings. The Balaban J connectivity index is 1.76. The maximum absolute atomic E-state index is 14.6. The van der Waals surface area contributed by atoms with Crippen LogP contribution >= 0.6 is 0 Å². The number of aromatic nitrogens is 2. The van der Waals surface area contributed by atoms with Gasteiger partial charge in [-0.05, 0) is 42.3 Å². The average molecular weight is 414 g/mol. The number of halogens is 1. The van der Waals surface area contributed by atoms with Crippen LogP contribution in [-0.4, -0.2) is 21.7 Å². The number of benzene rings is 1. The van der Waals surface area contributed by atoms with Crippen molar-refractivity contribution in [3.8, 4) is 17.3 Å². The van der Waals surface area contributed by atoms with E-state index in [1.54, 1.807) is 24.4 Å². The van der Waals surface area contributed by atoms with Crippen molar-refractivity contribution < 1.29 is 14.0 Å². The van der Waals surface area contributed by atoms with Crippen LogP contribution in [0.25, 0.3) is 11.3 Å². The van der Waals surface area contributed by atoms with Crippen molar-refractivity contribution in [1.82, 2.24) is 15.3 Å². The Morgan fingerprint density at radius 3 is 2.81 bits per heavy atom. The Bertz CT molecular complexity index is 1230. The second-order valence-electron chi connectivity index (χ2n) is 7.33. The number of carbonyl (C=O) groups is 2. The van der Waals surface area contributed by atoms with Crippen molar-refractivity contribution >= 4 is 11.7 Å². The summed E-state index contributed by atoms with van der Waals surface area (Å²) in [6.45, 7) is 2.18. The molecule has 0 unspecified atom stereocenters. The third kappa shape index (κ3) is 3.92. The lowest BCUT2D eigenvalue weighted by atomic mass is 9.97. The largest absolute Gasteiger partial charge is 0.346 e. The van der Waals surface area contributed by atoms with Crippen LogP contribution < -0.4 is 5.32 Å². The van der Waals surface area contributed by atoms with E-state index < -0.39 is 5.82 Å². The molecule has 0 saturated carbocycles. The van der Waals surface area contributed by atoms with Crippen LogP contribution in [0, 0.1) is 17.1 Å². The van der Waals surface area contributed by atoms with Crippen LogP contribution in [0.5, 0.6) is 0 Å². The van der Waals surface area contributed by atoms with Crippen LogP contribution in [0.1, 0.15) is 63.0 Å². The summed E-state index contributed by atoms with van der Waals surface area (Å²) in [6.07, 6.45) is 3.08. The molecule has 3 aromatic rings. The number of hydrogen-bond donors (Lipinski definition) is 1. The average Bonchev–Trinajstić information content (AvgIpc) is 3.15. The quantitative estimate of drug-likeness (QED) is 0.616. The van der Waals surface area contributed by atoms with E-state index in [1.165, 1.54) is 18.2 Å². The number of nitrogens with one attached hydrogen (secondary N) is 1. The van der Waals surface area contributed by atoms with Gasteiger partial charge in [0.05, 0.1) is 40.7 Å². The third-order valence-corrected chi connectivity index (χ3v) is 5.21. The number of carbonyl (C=O) groups excluding carboxylic acids is 2. The molecule has 3 heterocycles. The minimum Gasteiger partial charge on any atom is -0.346 e. The zero-order chi connectivity index (χ0) is 22.0. The van der Waals surface area contributed by atoms with Gasteiger partial charge < -0.3 is 5.32 Å². The van der Waals surface area contributed by atoms with Crippen LogP contribution in [0.3, 0.4) is 0 Å². The minimum absolute atomic E-state index is 0.0385. The topological polar surface area (TPSA) is 95.7 Å². The molecule has 0 atom stereocenters. The van der Waals surface area contributed by atoms with Crippen LogP contribution in [0.2, 0.25) is 0 Å². The zero-order valence-electron chi connectivity index (χ0n) is 16.9. The molecule has 6 nitrogen and oxygen atoms in total. The van der Waals surface area contributed by atoms with Gasteiger partial charge in [0.25, 0.3) is 5.91 Å². The monoisotopic (exact) mass is 414 g/mol. The number of amides is 1. The predicted octanol–water partition coefficient (Wildman–Crippen LogP) is 3.97. The number of pyridine rings is 2. The van der Waals surface area contributed by atoms with Gasteiger partial charge in [0, 0.05) is 30.3 Å². The first-order chi connectivity index (χ1) is 15.0. The van der Waals surface area contributed by atoms with Crippen LogP contribution in [0.15, 0.2) is 42.6 Å². The van der Waals surface area contributed by atoms with Crippen LogP contribution in [0.4, 0.5) is 4.39 Å². The van der Waals surface area contributed by atoms with Crippen molar-refractivity contribution in [2.24, 2.45) is 0 Å². The van der Waals surface area contributed by atoms with E-state index in [9.17, 15) is 19.2 Å². The Labute approximate surface area is 178 Å². The fourth-order valence-electron chi connectivity index (χ4n) is 3.72. The fourth-order valence-corrected chi connectivity index (χ4v) is 3.72. The number of nitrogens with zero attached hydrogens (tertiary/aromatic N) is 3. The molecule has 0 bridgehead atoms. The molecule has 0 spiro atoms. The first-order valence-electron chi connectivity index (χ1n) is 10.00. The van der Waals surface area contributed by atoms with E-state index >= 15 is 0 Å². The van der Waals surface area contributed by atoms with Gasteiger partial charge in [0.1, 0.15) is 5.82 Å². The van der Waals surface area contributed by atoms with Gasteiger partial charge in [-0.1, -0.05) is 13.0 Å². The van der Waals surface area contributed by atoms with Gasteiger partial charge in [-0.3, -0.25) is 14.6 Å². The molecule has 0 radical (unpaired) electrons. The molecular weight excluding hydrogens is 395 g/mol. The number of nitriles is 1. The standard InChI is InChI=1S/C24H19FN4O2/c1-2-4-21(30)15-7-8-17(27-12-15)9-16-10-19(29-20-13-28-24(31)23(16)20)22-14(11-26)5-3-6-18(22)25/h3,5-8,10,12H,2,4,9,13H2,1H3,(H,28,31). The number of rotatable bonds is 6. The lowest BCUT2D eigenvalue weighted by molar-refractivity contribution is 0.0962. The molecule has 0 aliphatic carbocycles. The Morgan fingerprint density at radius 1 is 1.26 bits per heavy atom. The highest BCUT2D eigenvalue weighted by atomic mass is 19.1. The van der Waals surface area contributed by atoms with Gasteiger partial charge in [-0.15, -0.1) is 0 Å². The van der Waals surface area contributed by atoms with Crippen molar-refractivity contribution in [2.45, 2.75) is 32.7 Å². The molecule has 1 aliphatic heterocycles. The second kappa shape index (κ2) is 8.44. The molecular formula is C24H19FN4O2. The molecule has 154 valence electrons. The molecule has 1 aromatic carbocycles. The van der Waals surface area contributed by atoms with E-state index in [0.717, 1.165) is 6.42 Å². The summed E-state index contributed by atoms with van der Waals surface area (Å²) in [5.41, 5.74) is 3.41. The van der Waals surface area contributed by atoms with Crippen LogP contribution in [-0.2, 0) is 13.0 Å². The SMILES string of the molecule is CCCC(=O)c1ccc(Cc2cc(-c3c(F)cccc3C#N)nc3c2C(=O)NC3)nc1. The summed E-state index contributed by atoms with van der Waals surface area (Å²) >= 11 is 0. The summed E-state index contributed by atoms with van der Waals surface area (Å²) in [6, 6.07) is 11.4. The molecule has 2 aromatic heterocycles. The highest BCUT2D eigenvalue weighted by Gasteiger charge is 2.26. The highest BCUT2D eigenvalue weighted by molar-refractivity contribution is 6.00. The smallest absolute Gasteiger partial charge is 0.253 e. The van der Waals surface area contributed by atoms with Gasteiger partial charge in [-0.2, -0.15) is 5.26 Å². The molecule has 31 heavy (non-hydrogen) atoms. The normalized spacial score (nSPS) is 12.2. The first-order valence-corrected chi connectivity index (χ1v) is 10.00. The highest BCUT2D eigenvalue weighted by Crippen LogP contribution is 2.30. The van der Waals surface area contributed by atoms with Gasteiger partial charge >= 0.3 is 0 Å². The molecule has 4 rings (SSSR count). The van der Waals surface area contributed by atoms with E-state index in [-0.39, 0.29) is 29.4 Å². The summed E-state index contributed by atoms with van der Waals surface area (Å²) in [5.74, 6) is -0.754. The Kier molecular flexibility index (Phi) is 5.54. The molecule has 7 heteroatoms.